The molecule has 0 aliphatic rings. The molecule has 19 heavy (non-hydrogen) atoms. The van der Waals surface area contributed by atoms with E-state index in [0.29, 0.717) is 11.3 Å². The van der Waals surface area contributed by atoms with Crippen molar-refractivity contribution < 1.29 is 19.8 Å². The summed E-state index contributed by atoms with van der Waals surface area (Å²) < 4.78 is 0. The number of nitriles is 1. The van der Waals surface area contributed by atoms with Crippen molar-refractivity contribution in [1.29, 1.82) is 5.26 Å². The van der Waals surface area contributed by atoms with Gasteiger partial charge in [-0.2, -0.15) is 5.26 Å². The molecule has 1 rings (SSSR count). The minimum Gasteiger partial charge on any atom is -0.480 e. The summed E-state index contributed by atoms with van der Waals surface area (Å²) in [6.07, 6.45) is 0. The second kappa shape index (κ2) is 6.37. The number of anilines is 1. The van der Waals surface area contributed by atoms with Crippen LogP contribution in [0.4, 0.5) is 10.5 Å². The van der Waals surface area contributed by atoms with E-state index in [4.69, 9.17) is 15.5 Å². The topological polar surface area (TPSA) is 122 Å². The molecule has 0 aliphatic heterocycles. The van der Waals surface area contributed by atoms with Gasteiger partial charge in [0.1, 0.15) is 0 Å². The quantitative estimate of drug-likeness (QED) is 0.627. The van der Waals surface area contributed by atoms with Gasteiger partial charge in [-0.15, -0.1) is 0 Å². The lowest BCUT2D eigenvalue weighted by atomic mass is 10.1. The van der Waals surface area contributed by atoms with Crippen molar-refractivity contribution in [1.82, 2.24) is 5.32 Å². The molecule has 0 saturated heterocycles. The monoisotopic (exact) mass is 263 g/mol. The molecular formula is C12H13N3O4. The van der Waals surface area contributed by atoms with Crippen LogP contribution in [-0.2, 0) is 4.79 Å². The average Bonchev–Trinajstić information content (AvgIpc) is 2.38. The molecule has 0 spiro atoms. The second-order valence-corrected chi connectivity index (χ2v) is 3.81. The Balaban J connectivity index is 2.77. The number of hydrogen-bond donors (Lipinski definition) is 4. The van der Waals surface area contributed by atoms with E-state index in [1.54, 1.807) is 19.1 Å². The van der Waals surface area contributed by atoms with Gasteiger partial charge in [0.25, 0.3) is 0 Å². The van der Waals surface area contributed by atoms with Gasteiger partial charge in [0.15, 0.2) is 6.04 Å². The van der Waals surface area contributed by atoms with Crippen LogP contribution in [-0.4, -0.2) is 34.9 Å². The molecule has 0 aromatic heterocycles. The molecule has 0 bridgehead atoms. The SMILES string of the molecule is Cc1ccc(C#N)cc1NC(=O)N[C@H](CO)C(=O)O. The van der Waals surface area contributed by atoms with Crippen LogP contribution >= 0.6 is 0 Å². The standard InChI is InChI=1S/C12H13N3O4/c1-7-2-3-8(5-13)4-9(7)14-12(19)15-10(6-16)11(17)18/h2-4,10,16H,6H2,1H3,(H,17,18)(H2,14,15,19)/t10-/m1/s1. The van der Waals surface area contributed by atoms with Crippen molar-refractivity contribution >= 4 is 17.7 Å². The summed E-state index contributed by atoms with van der Waals surface area (Å²) in [6.45, 7) is 1.03. The van der Waals surface area contributed by atoms with Crippen LogP contribution in [0.1, 0.15) is 11.1 Å². The van der Waals surface area contributed by atoms with E-state index in [2.05, 4.69) is 10.6 Å². The van der Waals surface area contributed by atoms with E-state index in [9.17, 15) is 9.59 Å². The highest BCUT2D eigenvalue weighted by Crippen LogP contribution is 2.16. The number of amides is 2. The Morgan fingerprint density at radius 1 is 1.47 bits per heavy atom. The Morgan fingerprint density at radius 2 is 2.16 bits per heavy atom. The number of carboxylic acids is 1. The van der Waals surface area contributed by atoms with E-state index < -0.39 is 24.6 Å². The zero-order valence-electron chi connectivity index (χ0n) is 10.2. The molecule has 0 heterocycles. The van der Waals surface area contributed by atoms with Gasteiger partial charge in [-0.1, -0.05) is 6.07 Å². The minimum absolute atomic E-state index is 0.373. The van der Waals surface area contributed by atoms with Crippen molar-refractivity contribution in [3.05, 3.63) is 29.3 Å². The summed E-state index contributed by atoms with van der Waals surface area (Å²) in [5, 5.41) is 30.7. The van der Waals surface area contributed by atoms with Gasteiger partial charge in [-0.05, 0) is 24.6 Å². The van der Waals surface area contributed by atoms with Crippen LogP contribution in [0.3, 0.4) is 0 Å². The predicted octanol–water partition coefficient (Wildman–Crippen LogP) is 0.434. The lowest BCUT2D eigenvalue weighted by Gasteiger charge is -2.13. The third-order valence-electron chi connectivity index (χ3n) is 2.40. The zero-order valence-corrected chi connectivity index (χ0v) is 10.2. The van der Waals surface area contributed by atoms with E-state index in [-0.39, 0.29) is 0 Å². The number of nitrogens with zero attached hydrogens (tertiary/aromatic N) is 1. The number of carbonyl (C=O) groups excluding carboxylic acids is 1. The van der Waals surface area contributed by atoms with Gasteiger partial charge in [0, 0.05) is 5.69 Å². The number of urea groups is 1. The van der Waals surface area contributed by atoms with Gasteiger partial charge in [-0.25, -0.2) is 9.59 Å². The van der Waals surface area contributed by atoms with Crippen molar-refractivity contribution in [2.45, 2.75) is 13.0 Å². The second-order valence-electron chi connectivity index (χ2n) is 3.81. The highest BCUT2D eigenvalue weighted by molar-refractivity contribution is 5.93. The molecule has 0 unspecified atom stereocenters. The number of nitrogens with one attached hydrogen (secondary N) is 2. The van der Waals surface area contributed by atoms with Gasteiger partial charge in [-0.3, -0.25) is 0 Å². The molecular weight excluding hydrogens is 250 g/mol. The Bertz CT molecular complexity index is 536. The van der Waals surface area contributed by atoms with E-state index in [1.165, 1.54) is 6.07 Å². The fourth-order valence-electron chi connectivity index (χ4n) is 1.33. The Kier molecular flexibility index (Phi) is 4.85. The van der Waals surface area contributed by atoms with Crippen LogP contribution in [0.2, 0.25) is 0 Å². The van der Waals surface area contributed by atoms with Crippen LogP contribution in [0, 0.1) is 18.3 Å². The summed E-state index contributed by atoms with van der Waals surface area (Å²) >= 11 is 0. The molecule has 1 aromatic rings. The largest absolute Gasteiger partial charge is 0.480 e. The van der Waals surface area contributed by atoms with Gasteiger partial charge >= 0.3 is 12.0 Å². The number of aliphatic carboxylic acids is 1. The number of aliphatic hydroxyl groups excluding tert-OH is 1. The zero-order chi connectivity index (χ0) is 14.4. The number of carboxylic acid groups (broad SMARTS) is 1. The Labute approximate surface area is 109 Å². The van der Waals surface area contributed by atoms with Crippen LogP contribution in [0.5, 0.6) is 0 Å². The lowest BCUT2D eigenvalue weighted by molar-refractivity contribution is -0.140. The summed E-state index contributed by atoms with van der Waals surface area (Å²) in [5.74, 6) is -1.33. The maximum absolute atomic E-state index is 11.6. The van der Waals surface area contributed by atoms with Crippen molar-refractivity contribution in [2.24, 2.45) is 0 Å². The molecule has 0 saturated carbocycles. The lowest BCUT2D eigenvalue weighted by Crippen LogP contribution is -2.45. The summed E-state index contributed by atoms with van der Waals surface area (Å²) in [6, 6.07) is 4.53. The molecule has 4 N–H and O–H groups in total. The van der Waals surface area contributed by atoms with E-state index in [0.717, 1.165) is 5.56 Å². The highest BCUT2D eigenvalue weighted by atomic mass is 16.4. The van der Waals surface area contributed by atoms with E-state index in [1.807, 2.05) is 6.07 Å². The van der Waals surface area contributed by atoms with E-state index >= 15 is 0 Å². The Hall–Kier alpha value is -2.59. The van der Waals surface area contributed by atoms with Crippen LogP contribution in [0.25, 0.3) is 0 Å². The molecule has 1 atom stereocenters. The smallest absolute Gasteiger partial charge is 0.328 e. The molecule has 7 heteroatoms. The highest BCUT2D eigenvalue weighted by Gasteiger charge is 2.18. The first-order valence-corrected chi connectivity index (χ1v) is 5.40. The van der Waals surface area contributed by atoms with Crippen LogP contribution in [0.15, 0.2) is 18.2 Å². The van der Waals surface area contributed by atoms with Crippen molar-refractivity contribution in [3.8, 4) is 6.07 Å². The molecule has 2 amide bonds. The molecule has 0 fully saturated rings. The van der Waals surface area contributed by atoms with Gasteiger partial charge in [0.2, 0.25) is 0 Å². The summed E-state index contributed by atoms with van der Waals surface area (Å²) in [4.78, 5) is 22.2. The number of aliphatic hydroxyl groups is 1. The first kappa shape index (κ1) is 14.5. The molecule has 7 nitrogen and oxygen atoms in total. The van der Waals surface area contributed by atoms with Crippen LogP contribution < -0.4 is 10.6 Å². The first-order chi connectivity index (χ1) is 8.97. The maximum Gasteiger partial charge on any atom is 0.328 e. The minimum atomic E-state index is -1.38. The van der Waals surface area contributed by atoms with Gasteiger partial charge in [0.05, 0.1) is 18.2 Å². The predicted molar refractivity (Wildman–Crippen MR) is 66.6 cm³/mol. The summed E-state index contributed by atoms with van der Waals surface area (Å²) in [5.41, 5.74) is 1.50. The maximum atomic E-state index is 11.6. The number of benzene rings is 1. The third kappa shape index (κ3) is 3.97. The first-order valence-electron chi connectivity index (χ1n) is 5.40. The van der Waals surface area contributed by atoms with Crippen molar-refractivity contribution in [3.63, 3.8) is 0 Å². The number of hydrogen-bond acceptors (Lipinski definition) is 4. The molecule has 0 radical (unpaired) electrons. The fourth-order valence-corrected chi connectivity index (χ4v) is 1.33. The summed E-state index contributed by atoms with van der Waals surface area (Å²) in [7, 11) is 0. The third-order valence-corrected chi connectivity index (χ3v) is 2.40. The fraction of sp³-hybridized carbons (Fsp3) is 0.250. The van der Waals surface area contributed by atoms with Gasteiger partial charge < -0.3 is 20.8 Å². The normalized spacial score (nSPS) is 11.2. The number of carbonyl (C=O) groups is 2. The number of aryl methyl sites for hydroxylation is 1. The molecule has 100 valence electrons. The van der Waals surface area contributed by atoms with Crippen molar-refractivity contribution in [2.75, 3.05) is 11.9 Å². The Morgan fingerprint density at radius 3 is 2.68 bits per heavy atom. The molecule has 1 aromatic carbocycles. The average molecular weight is 263 g/mol. The molecule has 0 aliphatic carbocycles. The number of rotatable bonds is 4.